The summed E-state index contributed by atoms with van der Waals surface area (Å²) in [4.78, 5) is 0. The van der Waals surface area contributed by atoms with Crippen LogP contribution in [-0.4, -0.2) is 40.0 Å². The van der Waals surface area contributed by atoms with Gasteiger partial charge in [-0.2, -0.15) is 0 Å². The monoisotopic (exact) mass is 260 g/mol. The van der Waals surface area contributed by atoms with Crippen LogP contribution in [0.25, 0.3) is 0 Å². The molecule has 0 rings (SSSR count). The third-order valence-electron chi connectivity index (χ3n) is 0.474. The second kappa shape index (κ2) is 3.28. The molecule has 0 aromatic carbocycles. The van der Waals surface area contributed by atoms with Crippen LogP contribution in [0.4, 0.5) is 0 Å². The molecule has 0 aromatic heterocycles. The second-order valence-electron chi connectivity index (χ2n) is 4.03. The molecule has 0 atom stereocenters. The number of hydrogen-bond donors (Lipinski definition) is 0. The molecule has 0 saturated heterocycles. The average Bonchev–Trinajstić information content (AvgIpc) is 1.14. The summed E-state index contributed by atoms with van der Waals surface area (Å²) in [6.07, 6.45) is 0. The van der Waals surface area contributed by atoms with Crippen molar-refractivity contribution in [2.75, 3.05) is 40.0 Å². The quantitative estimate of drug-likeness (QED) is 0.527. The van der Waals surface area contributed by atoms with Gasteiger partial charge in [-0.15, -0.1) is 0 Å². The van der Waals surface area contributed by atoms with Crippen molar-refractivity contribution in [3.05, 3.63) is 0 Å². The van der Waals surface area contributed by atoms with Gasteiger partial charge in [0, 0.05) is 0 Å². The molecular formula is C6H20P2Pd. The third kappa shape index (κ3) is 9.52. The Kier molecular flexibility index (Phi) is 3.83. The average molecular weight is 261 g/mol. The van der Waals surface area contributed by atoms with Gasteiger partial charge in [0.15, 0.2) is 0 Å². The predicted octanol–water partition coefficient (Wildman–Crippen LogP) is 2.18. The molecule has 64 valence electrons. The molecule has 0 aromatic rings. The van der Waals surface area contributed by atoms with E-state index in [-0.39, 0.29) is 0 Å². The van der Waals surface area contributed by atoms with Gasteiger partial charge < -0.3 is 0 Å². The Morgan fingerprint density at radius 1 is 0.667 bits per heavy atom. The molecule has 9 heavy (non-hydrogen) atoms. The first-order chi connectivity index (χ1) is 3.71. The first-order valence-electron chi connectivity index (χ1n) is 3.32. The zero-order valence-corrected chi connectivity index (χ0v) is 10.9. The molecule has 0 nitrogen and oxygen atoms in total. The summed E-state index contributed by atoms with van der Waals surface area (Å²) in [6, 6.07) is 0. The summed E-state index contributed by atoms with van der Waals surface area (Å²) in [5.41, 5.74) is -1.36. The van der Waals surface area contributed by atoms with E-state index in [9.17, 15) is 0 Å². The molecule has 0 unspecified atom stereocenters. The molecule has 0 heterocycles. The summed E-state index contributed by atoms with van der Waals surface area (Å²) in [6.45, 7) is 14.9. The standard InChI is InChI=1S/2C3H9P.Pd/c2*1-4(2)3;/h2*1-3H3;/q;;-2/p+2. The molecule has 0 aliphatic rings. The van der Waals surface area contributed by atoms with Gasteiger partial charge >= 0.3 is 67.9 Å². The van der Waals surface area contributed by atoms with Crippen LogP contribution in [0.5, 0.6) is 0 Å². The maximum atomic E-state index is 2.49. The predicted molar refractivity (Wildman–Crippen MR) is 52.2 cm³/mol. The Morgan fingerprint density at radius 2 is 0.889 bits per heavy atom. The molecule has 0 N–H and O–H groups in total. The van der Waals surface area contributed by atoms with E-state index < -0.39 is 10.9 Å². The maximum absolute atomic E-state index is 2.49. The summed E-state index contributed by atoms with van der Waals surface area (Å²) >= 11 is 1.14. The van der Waals surface area contributed by atoms with Crippen molar-refractivity contribution in [3.8, 4) is 0 Å². The van der Waals surface area contributed by atoms with Crippen molar-refractivity contribution in [1.29, 1.82) is 0 Å². The Morgan fingerprint density at radius 3 is 0.889 bits per heavy atom. The molecule has 3 heteroatoms. The summed E-state index contributed by atoms with van der Waals surface area (Å²) in [5.74, 6) is 0. The normalized spacial score (nSPS) is 18.0. The second-order valence-corrected chi connectivity index (χ2v) is 30.0. The van der Waals surface area contributed by atoms with Crippen LogP contribution in [-0.2, 0) is 17.0 Å². The van der Waals surface area contributed by atoms with Crippen LogP contribution < -0.4 is 0 Å². The topological polar surface area (TPSA) is 0 Å². The first kappa shape index (κ1) is 10.5. The molecule has 0 amide bonds. The van der Waals surface area contributed by atoms with Crippen molar-refractivity contribution in [1.82, 2.24) is 0 Å². The number of hydrogen-bond acceptors (Lipinski definition) is 0. The van der Waals surface area contributed by atoms with Crippen LogP contribution >= 0.6 is 10.9 Å². The van der Waals surface area contributed by atoms with Gasteiger partial charge in [-0.25, -0.2) is 0 Å². The minimum absolute atomic E-state index is 0.681. The fourth-order valence-corrected chi connectivity index (χ4v) is 37.9. The fraction of sp³-hybridized carbons (Fsp3) is 1.00. The SMILES string of the molecule is C[PH](C)(C)[Pd][PH](C)(C)C. The van der Waals surface area contributed by atoms with E-state index in [0.29, 0.717) is 0 Å². The van der Waals surface area contributed by atoms with Crippen LogP contribution in [0.3, 0.4) is 0 Å². The minimum atomic E-state index is -0.681. The van der Waals surface area contributed by atoms with Gasteiger partial charge in [0.2, 0.25) is 0 Å². The first-order valence-corrected chi connectivity index (χ1v) is 14.6. The summed E-state index contributed by atoms with van der Waals surface area (Å²) in [5, 5.41) is 0. The Balaban J connectivity index is 3.75. The molecule has 0 spiro atoms. The van der Waals surface area contributed by atoms with E-state index in [2.05, 4.69) is 40.0 Å². The van der Waals surface area contributed by atoms with Crippen LogP contribution in [0.15, 0.2) is 0 Å². The third-order valence-corrected chi connectivity index (χ3v) is 25.3. The van der Waals surface area contributed by atoms with Gasteiger partial charge in [0.1, 0.15) is 0 Å². The summed E-state index contributed by atoms with van der Waals surface area (Å²) in [7, 11) is 0. The van der Waals surface area contributed by atoms with E-state index >= 15 is 0 Å². The van der Waals surface area contributed by atoms with E-state index in [0.717, 1.165) is 17.0 Å². The molecule has 0 fully saturated rings. The van der Waals surface area contributed by atoms with E-state index in [1.807, 2.05) is 0 Å². The van der Waals surface area contributed by atoms with E-state index in [1.165, 1.54) is 0 Å². The molecular weight excluding hydrogens is 240 g/mol. The van der Waals surface area contributed by atoms with Crippen molar-refractivity contribution in [2.24, 2.45) is 0 Å². The Bertz CT molecular complexity index is 76.2. The van der Waals surface area contributed by atoms with Crippen molar-refractivity contribution in [2.45, 2.75) is 0 Å². The molecule has 0 aliphatic heterocycles. The van der Waals surface area contributed by atoms with Gasteiger partial charge in [0.05, 0.1) is 0 Å². The van der Waals surface area contributed by atoms with Crippen molar-refractivity contribution < 1.29 is 17.0 Å². The van der Waals surface area contributed by atoms with Gasteiger partial charge in [0.25, 0.3) is 0 Å². The van der Waals surface area contributed by atoms with E-state index in [4.69, 9.17) is 0 Å². The van der Waals surface area contributed by atoms with Gasteiger partial charge in [-0.05, 0) is 0 Å². The Hall–Kier alpha value is 1.52. The van der Waals surface area contributed by atoms with Gasteiger partial charge in [-0.3, -0.25) is 0 Å². The zero-order chi connectivity index (χ0) is 7.71. The zero-order valence-electron chi connectivity index (χ0n) is 7.32. The van der Waals surface area contributed by atoms with Gasteiger partial charge in [-0.1, -0.05) is 0 Å². The fourth-order valence-electron chi connectivity index (χ4n) is 0.712. The van der Waals surface area contributed by atoms with Crippen molar-refractivity contribution in [3.63, 3.8) is 0 Å². The van der Waals surface area contributed by atoms with Crippen molar-refractivity contribution >= 4 is 10.9 Å². The van der Waals surface area contributed by atoms with E-state index in [1.54, 1.807) is 0 Å². The molecule has 0 bridgehead atoms. The van der Waals surface area contributed by atoms with Crippen LogP contribution in [0, 0.1) is 0 Å². The summed E-state index contributed by atoms with van der Waals surface area (Å²) < 4.78 is 0. The molecule has 0 radical (unpaired) electrons. The van der Waals surface area contributed by atoms with Crippen LogP contribution in [0.1, 0.15) is 0 Å². The van der Waals surface area contributed by atoms with Crippen LogP contribution in [0.2, 0.25) is 0 Å². The molecule has 0 saturated carbocycles. The Labute approximate surface area is 68.0 Å². The molecule has 0 aliphatic carbocycles. The number of rotatable bonds is 2.